The molecule has 0 aliphatic carbocycles. The highest BCUT2D eigenvalue weighted by molar-refractivity contribution is 5.91. The van der Waals surface area contributed by atoms with Crippen molar-refractivity contribution in [2.24, 2.45) is 0 Å². The van der Waals surface area contributed by atoms with E-state index in [4.69, 9.17) is 0 Å². The van der Waals surface area contributed by atoms with E-state index in [2.05, 4.69) is 58.9 Å². The van der Waals surface area contributed by atoms with Gasteiger partial charge in [0.25, 0.3) is 0 Å². The van der Waals surface area contributed by atoms with Crippen LogP contribution in [0.4, 0.5) is 0 Å². The summed E-state index contributed by atoms with van der Waals surface area (Å²) in [5.74, 6) is 0.594. The minimum atomic E-state index is 0.594. The van der Waals surface area contributed by atoms with Crippen molar-refractivity contribution in [3.63, 3.8) is 0 Å². The molecule has 19 heavy (non-hydrogen) atoms. The van der Waals surface area contributed by atoms with E-state index >= 15 is 0 Å². The van der Waals surface area contributed by atoms with Crippen molar-refractivity contribution in [2.75, 3.05) is 0 Å². The van der Waals surface area contributed by atoms with E-state index in [0.717, 1.165) is 19.3 Å². The molecule has 0 unspecified atom stereocenters. The second-order valence-corrected chi connectivity index (χ2v) is 5.61. The van der Waals surface area contributed by atoms with Crippen LogP contribution in [0, 0.1) is 0 Å². The highest BCUT2D eigenvalue weighted by Gasteiger charge is 2.17. The summed E-state index contributed by atoms with van der Waals surface area (Å²) in [5.41, 5.74) is 6.35. The van der Waals surface area contributed by atoms with Crippen LogP contribution in [-0.4, -0.2) is 0 Å². The summed E-state index contributed by atoms with van der Waals surface area (Å²) in [6.45, 7) is 11.5. The average molecular weight is 254 g/mol. The van der Waals surface area contributed by atoms with Crippen molar-refractivity contribution in [3.05, 3.63) is 46.5 Å². The Bertz CT molecular complexity index is 576. The van der Waals surface area contributed by atoms with Crippen molar-refractivity contribution in [1.82, 2.24) is 0 Å². The van der Waals surface area contributed by atoms with Crippen LogP contribution in [0.2, 0.25) is 0 Å². The summed E-state index contributed by atoms with van der Waals surface area (Å²) in [7, 11) is 0. The van der Waals surface area contributed by atoms with E-state index in [0.29, 0.717) is 5.92 Å². The Kier molecular flexibility index (Phi) is 4.29. The van der Waals surface area contributed by atoms with Gasteiger partial charge in [-0.3, -0.25) is 0 Å². The van der Waals surface area contributed by atoms with Crippen molar-refractivity contribution in [2.45, 2.75) is 59.8 Å². The molecule has 0 amide bonds. The van der Waals surface area contributed by atoms with Gasteiger partial charge >= 0.3 is 0 Å². The second kappa shape index (κ2) is 5.77. The maximum Gasteiger partial charge on any atom is -0.0144 e. The molecule has 0 spiro atoms. The molecule has 102 valence electrons. The zero-order chi connectivity index (χ0) is 14.0. The average Bonchev–Trinajstić information content (AvgIpc) is 2.43. The molecule has 0 saturated heterocycles. The van der Waals surface area contributed by atoms with Gasteiger partial charge in [0.15, 0.2) is 0 Å². The molecule has 0 fully saturated rings. The number of fused-ring (bicyclic) bond motifs is 1. The van der Waals surface area contributed by atoms with Crippen LogP contribution in [0.3, 0.4) is 0 Å². The maximum atomic E-state index is 2.33. The van der Waals surface area contributed by atoms with Gasteiger partial charge in [-0.25, -0.2) is 0 Å². The predicted molar refractivity (Wildman–Crippen MR) is 86.2 cm³/mol. The number of rotatable bonds is 4. The minimum absolute atomic E-state index is 0.594. The van der Waals surface area contributed by atoms with E-state index < -0.39 is 0 Å². The fraction of sp³-hybridized carbons (Fsp3) is 0.474. The first-order valence-corrected chi connectivity index (χ1v) is 7.70. The summed E-state index contributed by atoms with van der Waals surface area (Å²) in [5, 5.41) is 2.95. The van der Waals surface area contributed by atoms with Crippen molar-refractivity contribution < 1.29 is 0 Å². The molecule has 0 saturated carbocycles. The van der Waals surface area contributed by atoms with Gasteiger partial charge in [-0.1, -0.05) is 58.9 Å². The van der Waals surface area contributed by atoms with Gasteiger partial charge in [0, 0.05) is 0 Å². The lowest BCUT2D eigenvalue weighted by atomic mass is 9.82. The van der Waals surface area contributed by atoms with Crippen molar-refractivity contribution in [3.8, 4) is 0 Å². The lowest BCUT2D eigenvalue weighted by molar-refractivity contribution is 0.841. The van der Waals surface area contributed by atoms with Crippen LogP contribution < -0.4 is 0 Å². The van der Waals surface area contributed by atoms with E-state index in [1.165, 1.54) is 10.8 Å². The number of benzene rings is 2. The van der Waals surface area contributed by atoms with Gasteiger partial charge in [-0.05, 0) is 58.2 Å². The molecule has 0 aromatic heterocycles. The summed E-state index contributed by atoms with van der Waals surface area (Å²) in [6, 6.07) is 8.97. The van der Waals surface area contributed by atoms with Crippen LogP contribution in [0.5, 0.6) is 0 Å². The van der Waals surface area contributed by atoms with Gasteiger partial charge in [0.1, 0.15) is 0 Å². The molecule has 0 radical (unpaired) electrons. The Morgan fingerprint density at radius 2 is 1.26 bits per heavy atom. The molecule has 0 atom stereocenters. The van der Waals surface area contributed by atoms with Crippen LogP contribution in [-0.2, 0) is 19.3 Å². The summed E-state index contributed by atoms with van der Waals surface area (Å²) in [4.78, 5) is 0. The highest BCUT2D eigenvalue weighted by Crippen LogP contribution is 2.36. The SMILES string of the molecule is CCc1c(CC)c(C(C)C)c2ccccc2c1CC. The number of aryl methyl sites for hydroxylation is 1. The molecule has 2 aromatic carbocycles. The topological polar surface area (TPSA) is 0 Å². The molecular weight excluding hydrogens is 228 g/mol. The third kappa shape index (κ3) is 2.29. The normalized spacial score (nSPS) is 11.5. The first-order valence-electron chi connectivity index (χ1n) is 7.70. The molecular formula is C19H26. The fourth-order valence-electron chi connectivity index (χ4n) is 3.54. The van der Waals surface area contributed by atoms with E-state index in [-0.39, 0.29) is 0 Å². The van der Waals surface area contributed by atoms with Crippen LogP contribution in [0.25, 0.3) is 10.8 Å². The van der Waals surface area contributed by atoms with Gasteiger partial charge < -0.3 is 0 Å². The van der Waals surface area contributed by atoms with Gasteiger partial charge in [0.05, 0.1) is 0 Å². The molecule has 2 aromatic rings. The van der Waals surface area contributed by atoms with E-state index in [1.54, 1.807) is 22.3 Å². The third-order valence-corrected chi connectivity index (χ3v) is 4.23. The molecule has 0 heteroatoms. The monoisotopic (exact) mass is 254 g/mol. The van der Waals surface area contributed by atoms with Crippen LogP contribution in [0.15, 0.2) is 24.3 Å². The van der Waals surface area contributed by atoms with E-state index in [9.17, 15) is 0 Å². The van der Waals surface area contributed by atoms with Crippen LogP contribution in [0.1, 0.15) is 62.8 Å². The Morgan fingerprint density at radius 1 is 0.737 bits per heavy atom. The number of hydrogen-bond donors (Lipinski definition) is 0. The standard InChI is InChI=1S/C19H26/c1-6-14-15(7-2)17-11-9-10-12-18(17)19(13(4)5)16(14)8-3/h9-13H,6-8H2,1-5H3. The Labute approximate surface area is 117 Å². The Balaban J connectivity index is 2.97. The van der Waals surface area contributed by atoms with E-state index in [1.807, 2.05) is 0 Å². The summed E-state index contributed by atoms with van der Waals surface area (Å²) in [6.07, 6.45) is 3.43. The molecule has 0 aliphatic rings. The van der Waals surface area contributed by atoms with Crippen molar-refractivity contribution >= 4 is 10.8 Å². The highest BCUT2D eigenvalue weighted by atomic mass is 14.2. The molecule has 0 N–H and O–H groups in total. The fourth-order valence-corrected chi connectivity index (χ4v) is 3.54. The van der Waals surface area contributed by atoms with Gasteiger partial charge in [-0.2, -0.15) is 0 Å². The number of hydrogen-bond acceptors (Lipinski definition) is 0. The molecule has 2 rings (SSSR count). The van der Waals surface area contributed by atoms with Crippen LogP contribution >= 0.6 is 0 Å². The predicted octanol–water partition coefficient (Wildman–Crippen LogP) is 5.65. The zero-order valence-corrected chi connectivity index (χ0v) is 13.0. The maximum absolute atomic E-state index is 2.33. The molecule has 0 bridgehead atoms. The Morgan fingerprint density at radius 3 is 1.74 bits per heavy atom. The van der Waals surface area contributed by atoms with Gasteiger partial charge in [0.2, 0.25) is 0 Å². The Hall–Kier alpha value is -1.30. The summed E-state index contributed by atoms with van der Waals surface area (Å²) < 4.78 is 0. The zero-order valence-electron chi connectivity index (χ0n) is 13.0. The lowest BCUT2D eigenvalue weighted by Crippen LogP contribution is -2.06. The third-order valence-electron chi connectivity index (χ3n) is 4.23. The van der Waals surface area contributed by atoms with Crippen molar-refractivity contribution in [1.29, 1.82) is 0 Å². The second-order valence-electron chi connectivity index (χ2n) is 5.61. The smallest absolute Gasteiger partial charge is 0.0144 e. The molecule has 0 nitrogen and oxygen atoms in total. The largest absolute Gasteiger partial charge is 0.0616 e. The first kappa shape index (κ1) is 14.1. The molecule has 0 aliphatic heterocycles. The van der Waals surface area contributed by atoms with Gasteiger partial charge in [-0.15, -0.1) is 0 Å². The molecule has 0 heterocycles. The summed E-state index contributed by atoms with van der Waals surface area (Å²) >= 11 is 0. The minimum Gasteiger partial charge on any atom is -0.0616 e. The lowest BCUT2D eigenvalue weighted by Gasteiger charge is -2.23. The quantitative estimate of drug-likeness (QED) is 0.661. The first-order chi connectivity index (χ1) is 9.15.